The molecule has 2 unspecified atom stereocenters. The number of likely N-dealkylation sites (tertiary alicyclic amines) is 1. The zero-order chi connectivity index (χ0) is 25.7. The van der Waals surface area contributed by atoms with E-state index in [9.17, 15) is 14.9 Å². The molecule has 2 heterocycles. The van der Waals surface area contributed by atoms with Crippen molar-refractivity contribution in [1.29, 1.82) is 5.26 Å². The standard InChI is InChI=1S/C28H35N5O3/c1-28(2,3)36-27(35)30-23-17-25(33(20-23)19-21-9-5-4-6-10-21)26(34)32-15-13-31(14-16-32)24-12-8-7-11-22(24)18-29/h4-12,23,25H,13-17,19-20H2,1-3H3,(H,30,35). The van der Waals surface area contributed by atoms with Gasteiger partial charge in [-0.15, -0.1) is 0 Å². The molecular weight excluding hydrogens is 454 g/mol. The topological polar surface area (TPSA) is 88.9 Å². The second kappa shape index (κ2) is 11.0. The maximum absolute atomic E-state index is 13.7. The predicted molar refractivity (Wildman–Crippen MR) is 138 cm³/mol. The number of rotatable bonds is 5. The number of hydrogen-bond donors (Lipinski definition) is 1. The van der Waals surface area contributed by atoms with Crippen molar-refractivity contribution in [3.05, 3.63) is 65.7 Å². The van der Waals surface area contributed by atoms with E-state index in [1.807, 2.05) is 68.1 Å². The van der Waals surface area contributed by atoms with E-state index in [4.69, 9.17) is 4.74 Å². The molecule has 2 aromatic rings. The molecule has 0 saturated carbocycles. The maximum Gasteiger partial charge on any atom is 0.407 e. The van der Waals surface area contributed by atoms with Crippen LogP contribution in [0.15, 0.2) is 54.6 Å². The van der Waals surface area contributed by atoms with E-state index in [1.165, 1.54) is 0 Å². The third kappa shape index (κ3) is 6.35. The maximum atomic E-state index is 13.7. The molecule has 2 fully saturated rings. The molecule has 2 aliphatic heterocycles. The number of hydrogen-bond acceptors (Lipinski definition) is 6. The Balaban J connectivity index is 1.43. The number of carbonyl (C=O) groups excluding carboxylic acids is 2. The Bertz CT molecular complexity index is 1100. The third-order valence-corrected chi connectivity index (χ3v) is 6.59. The van der Waals surface area contributed by atoms with Crippen molar-refractivity contribution in [2.24, 2.45) is 0 Å². The van der Waals surface area contributed by atoms with Gasteiger partial charge < -0.3 is 19.9 Å². The van der Waals surface area contributed by atoms with Crippen molar-refractivity contribution in [1.82, 2.24) is 15.1 Å². The number of nitrogens with one attached hydrogen (secondary N) is 1. The lowest BCUT2D eigenvalue weighted by molar-refractivity contribution is -0.136. The van der Waals surface area contributed by atoms with Gasteiger partial charge in [-0.05, 0) is 44.9 Å². The van der Waals surface area contributed by atoms with Crippen LogP contribution in [-0.2, 0) is 16.1 Å². The lowest BCUT2D eigenvalue weighted by Gasteiger charge is -2.38. The summed E-state index contributed by atoms with van der Waals surface area (Å²) in [6.07, 6.45) is 0.0904. The molecule has 190 valence electrons. The van der Waals surface area contributed by atoms with Gasteiger partial charge in [0.2, 0.25) is 5.91 Å². The molecule has 1 N–H and O–H groups in total. The number of carbonyl (C=O) groups is 2. The predicted octanol–water partition coefficient (Wildman–Crippen LogP) is 3.37. The number of alkyl carbamates (subject to hydrolysis) is 1. The number of benzene rings is 2. The zero-order valence-corrected chi connectivity index (χ0v) is 21.3. The molecule has 36 heavy (non-hydrogen) atoms. The van der Waals surface area contributed by atoms with E-state index in [0.29, 0.717) is 51.3 Å². The lowest BCUT2D eigenvalue weighted by Crippen LogP contribution is -2.53. The van der Waals surface area contributed by atoms with Gasteiger partial charge in [-0.25, -0.2) is 4.79 Å². The van der Waals surface area contributed by atoms with Crippen LogP contribution >= 0.6 is 0 Å². The molecule has 2 aliphatic rings. The first-order chi connectivity index (χ1) is 17.2. The molecule has 8 nitrogen and oxygen atoms in total. The van der Waals surface area contributed by atoms with Crippen molar-refractivity contribution in [3.8, 4) is 6.07 Å². The van der Waals surface area contributed by atoms with Gasteiger partial charge in [-0.2, -0.15) is 5.26 Å². The summed E-state index contributed by atoms with van der Waals surface area (Å²) in [7, 11) is 0. The van der Waals surface area contributed by atoms with Gasteiger partial charge in [0.25, 0.3) is 0 Å². The highest BCUT2D eigenvalue weighted by molar-refractivity contribution is 5.83. The highest BCUT2D eigenvalue weighted by Crippen LogP contribution is 2.25. The summed E-state index contributed by atoms with van der Waals surface area (Å²) in [6.45, 7) is 9.28. The van der Waals surface area contributed by atoms with Crippen molar-refractivity contribution in [2.75, 3.05) is 37.6 Å². The number of para-hydroxylation sites is 1. The van der Waals surface area contributed by atoms with E-state index in [2.05, 4.69) is 33.3 Å². The summed E-state index contributed by atoms with van der Waals surface area (Å²) in [6, 6.07) is 19.5. The summed E-state index contributed by atoms with van der Waals surface area (Å²) in [5.41, 5.74) is 2.12. The van der Waals surface area contributed by atoms with Crippen LogP contribution in [0.1, 0.15) is 38.3 Å². The molecule has 2 amide bonds. The van der Waals surface area contributed by atoms with Gasteiger partial charge in [0.05, 0.1) is 17.3 Å². The Morgan fingerprint density at radius 1 is 1.03 bits per heavy atom. The number of nitriles is 1. The van der Waals surface area contributed by atoms with Gasteiger partial charge in [0, 0.05) is 45.3 Å². The number of nitrogens with zero attached hydrogens (tertiary/aromatic N) is 4. The summed E-state index contributed by atoms with van der Waals surface area (Å²) in [4.78, 5) is 32.4. The average molecular weight is 490 g/mol. The summed E-state index contributed by atoms with van der Waals surface area (Å²) in [5.74, 6) is 0.0904. The average Bonchev–Trinajstić information content (AvgIpc) is 3.24. The van der Waals surface area contributed by atoms with Crippen LogP contribution in [0.2, 0.25) is 0 Å². The van der Waals surface area contributed by atoms with Crippen molar-refractivity contribution >= 4 is 17.7 Å². The molecule has 0 aromatic heterocycles. The SMILES string of the molecule is CC(C)(C)OC(=O)NC1CC(C(=O)N2CCN(c3ccccc3C#N)CC2)N(Cc2ccccc2)C1. The number of ether oxygens (including phenoxy) is 1. The minimum atomic E-state index is -0.578. The Morgan fingerprint density at radius 3 is 2.36 bits per heavy atom. The van der Waals surface area contributed by atoms with Crippen LogP contribution in [0, 0.1) is 11.3 Å². The highest BCUT2D eigenvalue weighted by atomic mass is 16.6. The summed E-state index contributed by atoms with van der Waals surface area (Å²) < 4.78 is 5.45. The number of piperazine rings is 1. The van der Waals surface area contributed by atoms with E-state index in [1.54, 1.807) is 0 Å². The van der Waals surface area contributed by atoms with Crippen LogP contribution in [0.5, 0.6) is 0 Å². The van der Waals surface area contributed by atoms with E-state index in [0.717, 1.165) is 11.3 Å². The first-order valence-corrected chi connectivity index (χ1v) is 12.5. The fourth-order valence-electron chi connectivity index (χ4n) is 4.95. The van der Waals surface area contributed by atoms with Crippen LogP contribution in [0.25, 0.3) is 0 Å². The minimum absolute atomic E-state index is 0.0904. The van der Waals surface area contributed by atoms with Crippen LogP contribution in [0.3, 0.4) is 0 Å². The van der Waals surface area contributed by atoms with E-state index in [-0.39, 0.29) is 18.0 Å². The fraction of sp³-hybridized carbons (Fsp3) is 0.464. The van der Waals surface area contributed by atoms with Crippen molar-refractivity contribution < 1.29 is 14.3 Å². The van der Waals surface area contributed by atoms with Gasteiger partial charge in [-0.3, -0.25) is 9.69 Å². The largest absolute Gasteiger partial charge is 0.444 e. The Morgan fingerprint density at radius 2 is 1.69 bits per heavy atom. The van der Waals surface area contributed by atoms with Crippen LogP contribution in [0.4, 0.5) is 10.5 Å². The molecule has 0 radical (unpaired) electrons. The van der Waals surface area contributed by atoms with Crippen molar-refractivity contribution in [3.63, 3.8) is 0 Å². The summed E-state index contributed by atoms with van der Waals surface area (Å²) in [5, 5.41) is 12.4. The van der Waals surface area contributed by atoms with Gasteiger partial charge in [-0.1, -0.05) is 42.5 Å². The molecule has 4 rings (SSSR count). The lowest BCUT2D eigenvalue weighted by atomic mass is 10.1. The fourth-order valence-corrected chi connectivity index (χ4v) is 4.95. The van der Waals surface area contributed by atoms with Crippen LogP contribution in [-0.4, -0.2) is 72.2 Å². The van der Waals surface area contributed by atoms with Gasteiger partial charge in [0.15, 0.2) is 0 Å². The number of anilines is 1. The monoisotopic (exact) mass is 489 g/mol. The Labute approximate surface area is 213 Å². The Hall–Kier alpha value is -3.57. The smallest absolute Gasteiger partial charge is 0.407 e. The summed E-state index contributed by atoms with van der Waals surface area (Å²) >= 11 is 0. The van der Waals surface area contributed by atoms with Crippen LogP contribution < -0.4 is 10.2 Å². The van der Waals surface area contributed by atoms with E-state index < -0.39 is 11.7 Å². The second-order valence-corrected chi connectivity index (χ2v) is 10.5. The third-order valence-electron chi connectivity index (χ3n) is 6.59. The molecule has 2 atom stereocenters. The van der Waals surface area contributed by atoms with Crippen molar-refractivity contribution in [2.45, 2.75) is 51.4 Å². The zero-order valence-electron chi connectivity index (χ0n) is 21.3. The molecular formula is C28H35N5O3. The highest BCUT2D eigenvalue weighted by Gasteiger charge is 2.40. The van der Waals surface area contributed by atoms with Gasteiger partial charge in [0.1, 0.15) is 11.7 Å². The van der Waals surface area contributed by atoms with E-state index >= 15 is 0 Å². The quantitative estimate of drug-likeness (QED) is 0.693. The molecule has 2 aromatic carbocycles. The minimum Gasteiger partial charge on any atom is -0.444 e. The number of amides is 2. The van der Waals surface area contributed by atoms with Gasteiger partial charge >= 0.3 is 6.09 Å². The molecule has 0 bridgehead atoms. The first kappa shape index (κ1) is 25.5. The Kier molecular flexibility index (Phi) is 7.80. The first-order valence-electron chi connectivity index (χ1n) is 12.5. The molecule has 2 saturated heterocycles. The molecule has 0 aliphatic carbocycles. The molecule has 8 heteroatoms. The normalized spacial score (nSPS) is 20.6. The second-order valence-electron chi connectivity index (χ2n) is 10.5. The molecule has 0 spiro atoms.